The highest BCUT2D eigenvalue weighted by atomic mass is 35.5. The van der Waals surface area contributed by atoms with Crippen molar-refractivity contribution in [2.45, 2.75) is 10.8 Å². The summed E-state index contributed by atoms with van der Waals surface area (Å²) in [4.78, 5) is 0.351. The Kier molecular flexibility index (Phi) is 4.54. The minimum absolute atomic E-state index is 0.103. The van der Waals surface area contributed by atoms with Gasteiger partial charge in [-0.3, -0.25) is 0 Å². The smallest absolute Gasteiger partial charge is 0.252 e. The van der Waals surface area contributed by atoms with E-state index in [0.717, 1.165) is 11.3 Å². The highest BCUT2D eigenvalue weighted by Crippen LogP contribution is 2.26. The summed E-state index contributed by atoms with van der Waals surface area (Å²) < 4.78 is 26.1. The van der Waals surface area contributed by atoms with Crippen LogP contribution >= 0.6 is 22.9 Å². The van der Waals surface area contributed by atoms with Crippen LogP contribution in [-0.4, -0.2) is 19.8 Å². The molecule has 1 heterocycles. The normalized spacial score (nSPS) is 11.5. The molecule has 0 aliphatic heterocycles. The second-order valence-corrected chi connectivity index (χ2v) is 8.11. The molecule has 1 aromatic heterocycles. The average molecular weight is 342 g/mol. The van der Waals surface area contributed by atoms with Gasteiger partial charge in [-0.15, -0.1) is 11.3 Å². The number of nitrogens with two attached hydrogens (primary N) is 1. The molecule has 2 N–H and O–H groups in total. The number of nitrogens with zero attached hydrogens (tertiary/aromatic N) is 2. The third-order valence-corrected chi connectivity index (χ3v) is 6.45. The van der Waals surface area contributed by atoms with E-state index >= 15 is 0 Å². The predicted molar refractivity (Wildman–Crippen MR) is 83.6 cm³/mol. The molecule has 0 bridgehead atoms. The van der Waals surface area contributed by atoms with Gasteiger partial charge in [0.25, 0.3) is 10.0 Å². The van der Waals surface area contributed by atoms with Crippen LogP contribution in [0.4, 0.5) is 5.69 Å². The second kappa shape index (κ2) is 6.03. The van der Waals surface area contributed by atoms with Gasteiger partial charge in [0.05, 0.1) is 0 Å². The summed E-state index contributed by atoms with van der Waals surface area (Å²) in [5, 5.41) is 9.23. The zero-order valence-corrected chi connectivity index (χ0v) is 13.5. The number of benzene rings is 1. The molecule has 0 spiro atoms. The van der Waals surface area contributed by atoms with E-state index in [0.29, 0.717) is 21.2 Å². The zero-order chi connectivity index (χ0) is 15.6. The van der Waals surface area contributed by atoms with E-state index in [9.17, 15) is 8.42 Å². The first-order valence-corrected chi connectivity index (χ1v) is 8.48. The van der Waals surface area contributed by atoms with Crippen molar-refractivity contribution < 1.29 is 8.42 Å². The van der Waals surface area contributed by atoms with E-state index in [2.05, 4.69) is 0 Å². The molecule has 2 aromatic rings. The lowest BCUT2D eigenvalue weighted by Crippen LogP contribution is -2.26. The van der Waals surface area contributed by atoms with Crippen LogP contribution in [0.25, 0.3) is 0 Å². The molecule has 21 heavy (non-hydrogen) atoms. The number of hydrogen-bond acceptors (Lipinski definition) is 5. The summed E-state index contributed by atoms with van der Waals surface area (Å²) >= 11 is 6.98. The van der Waals surface area contributed by atoms with Crippen LogP contribution in [-0.2, 0) is 16.6 Å². The summed E-state index contributed by atoms with van der Waals surface area (Å²) in [6.07, 6.45) is 0. The van der Waals surface area contributed by atoms with Crippen LogP contribution in [0, 0.1) is 11.3 Å². The van der Waals surface area contributed by atoms with Gasteiger partial charge in [0.1, 0.15) is 15.2 Å². The van der Waals surface area contributed by atoms with Crippen LogP contribution in [0.5, 0.6) is 0 Å². The maximum atomic E-state index is 12.4. The van der Waals surface area contributed by atoms with E-state index in [1.165, 1.54) is 23.5 Å². The second-order valence-electron chi connectivity index (χ2n) is 4.34. The molecule has 0 aliphatic rings. The predicted octanol–water partition coefficient (Wildman–Crippen LogP) is 2.68. The van der Waals surface area contributed by atoms with Crippen LogP contribution in [0.1, 0.15) is 10.4 Å². The Morgan fingerprint density at radius 3 is 2.71 bits per heavy atom. The Morgan fingerprint density at radius 1 is 1.38 bits per heavy atom. The van der Waals surface area contributed by atoms with Gasteiger partial charge >= 0.3 is 0 Å². The third kappa shape index (κ3) is 3.36. The fraction of sp³-hybridized carbons (Fsp3) is 0.154. The van der Waals surface area contributed by atoms with Gasteiger partial charge in [-0.05, 0) is 35.9 Å². The molecular weight excluding hydrogens is 330 g/mol. The molecule has 8 heteroatoms. The van der Waals surface area contributed by atoms with Crippen LogP contribution in [0.15, 0.2) is 34.5 Å². The van der Waals surface area contributed by atoms with Gasteiger partial charge < -0.3 is 5.73 Å². The van der Waals surface area contributed by atoms with Crippen LogP contribution in [0.3, 0.4) is 0 Å². The molecule has 0 radical (unpaired) electrons. The van der Waals surface area contributed by atoms with Crippen LogP contribution < -0.4 is 5.73 Å². The summed E-state index contributed by atoms with van der Waals surface area (Å²) in [5.41, 5.74) is 6.83. The molecule has 0 saturated heterocycles. The number of nitrogen functional groups attached to an aromatic ring is 1. The van der Waals surface area contributed by atoms with E-state index in [1.54, 1.807) is 18.2 Å². The zero-order valence-electron chi connectivity index (χ0n) is 11.1. The SMILES string of the molecule is CN(Cc1cc(N)ccc1Cl)S(=O)(=O)c1ccc(C#N)s1. The van der Waals surface area contributed by atoms with E-state index in [4.69, 9.17) is 22.6 Å². The number of halogens is 1. The maximum absolute atomic E-state index is 12.4. The van der Waals surface area contributed by atoms with Gasteiger partial charge in [-0.2, -0.15) is 9.57 Å². The average Bonchev–Trinajstić information content (AvgIpc) is 2.92. The molecule has 1 aromatic carbocycles. The lowest BCUT2D eigenvalue weighted by molar-refractivity contribution is 0.468. The summed E-state index contributed by atoms with van der Waals surface area (Å²) in [7, 11) is -2.20. The van der Waals surface area contributed by atoms with Crippen molar-refractivity contribution in [2.24, 2.45) is 0 Å². The Bertz CT molecular complexity index is 809. The maximum Gasteiger partial charge on any atom is 0.252 e. The van der Waals surface area contributed by atoms with E-state index in [1.807, 2.05) is 6.07 Å². The number of thiophene rings is 1. The molecule has 0 amide bonds. The highest BCUT2D eigenvalue weighted by Gasteiger charge is 2.23. The Morgan fingerprint density at radius 2 is 2.10 bits per heavy atom. The van der Waals surface area contributed by atoms with Gasteiger partial charge in [-0.1, -0.05) is 11.6 Å². The number of nitriles is 1. The molecule has 0 atom stereocenters. The Labute approximate surface area is 132 Å². The molecule has 5 nitrogen and oxygen atoms in total. The van der Waals surface area contributed by atoms with E-state index in [-0.39, 0.29) is 10.8 Å². The number of rotatable bonds is 4. The minimum Gasteiger partial charge on any atom is -0.399 e. The van der Waals surface area contributed by atoms with Crippen molar-refractivity contribution in [2.75, 3.05) is 12.8 Å². The molecular formula is C13H12ClN3O2S2. The van der Waals surface area contributed by atoms with Gasteiger partial charge in [0.15, 0.2) is 0 Å². The Balaban J connectivity index is 2.28. The minimum atomic E-state index is -3.65. The molecule has 0 fully saturated rings. The first-order valence-electron chi connectivity index (χ1n) is 5.85. The largest absolute Gasteiger partial charge is 0.399 e. The number of sulfonamides is 1. The number of anilines is 1. The third-order valence-electron chi connectivity index (χ3n) is 2.82. The lowest BCUT2D eigenvalue weighted by atomic mass is 10.2. The molecule has 2 rings (SSSR count). The fourth-order valence-electron chi connectivity index (χ4n) is 1.71. The number of hydrogen-bond donors (Lipinski definition) is 1. The van der Waals surface area contributed by atoms with Gasteiger partial charge in [0.2, 0.25) is 0 Å². The van der Waals surface area contributed by atoms with Crippen molar-refractivity contribution in [3.63, 3.8) is 0 Å². The van der Waals surface area contributed by atoms with E-state index < -0.39 is 10.0 Å². The summed E-state index contributed by atoms with van der Waals surface area (Å²) in [6, 6.07) is 9.76. The van der Waals surface area contributed by atoms with Crippen LogP contribution in [0.2, 0.25) is 5.02 Å². The van der Waals surface area contributed by atoms with Crippen molar-refractivity contribution >= 4 is 38.6 Å². The highest BCUT2D eigenvalue weighted by molar-refractivity contribution is 7.91. The van der Waals surface area contributed by atoms with Gasteiger partial charge in [-0.25, -0.2) is 8.42 Å². The van der Waals surface area contributed by atoms with Crippen molar-refractivity contribution in [1.82, 2.24) is 4.31 Å². The first-order chi connectivity index (χ1) is 9.84. The van der Waals surface area contributed by atoms with Gasteiger partial charge in [0, 0.05) is 24.3 Å². The quantitative estimate of drug-likeness (QED) is 0.866. The fourth-order valence-corrected chi connectivity index (χ4v) is 4.35. The van der Waals surface area contributed by atoms with Crippen molar-refractivity contribution in [3.8, 4) is 6.07 Å². The first kappa shape index (κ1) is 15.8. The standard InChI is InChI=1S/C13H12ClN3O2S2/c1-17(8-9-6-10(16)2-4-12(9)14)21(18,19)13-5-3-11(7-15)20-13/h2-6H,8,16H2,1H3. The molecule has 0 aliphatic carbocycles. The van der Waals surface area contributed by atoms with Crippen molar-refractivity contribution in [3.05, 3.63) is 45.8 Å². The Hall–Kier alpha value is -1.59. The lowest BCUT2D eigenvalue weighted by Gasteiger charge is -2.17. The van der Waals surface area contributed by atoms with Crippen molar-refractivity contribution in [1.29, 1.82) is 5.26 Å². The summed E-state index contributed by atoms with van der Waals surface area (Å²) in [6.45, 7) is 0.103. The molecule has 0 unspecified atom stereocenters. The summed E-state index contributed by atoms with van der Waals surface area (Å²) in [5.74, 6) is 0. The molecule has 0 saturated carbocycles. The topological polar surface area (TPSA) is 87.2 Å². The molecule has 110 valence electrons. The monoisotopic (exact) mass is 341 g/mol.